The second kappa shape index (κ2) is 11.1. The van der Waals surface area contributed by atoms with Crippen LogP contribution >= 0.6 is 11.6 Å². The van der Waals surface area contributed by atoms with Gasteiger partial charge in [-0.2, -0.15) is 0 Å². The number of nitrogens with one attached hydrogen (secondary N) is 1. The van der Waals surface area contributed by atoms with Gasteiger partial charge in [0.2, 0.25) is 0 Å². The molecule has 3 nitrogen and oxygen atoms in total. The van der Waals surface area contributed by atoms with Crippen LogP contribution in [0.25, 0.3) is 0 Å². The van der Waals surface area contributed by atoms with Crippen LogP contribution in [0, 0.1) is 0 Å². The summed E-state index contributed by atoms with van der Waals surface area (Å²) in [4.78, 5) is 0. The Kier molecular flexibility index (Phi) is 8.25. The van der Waals surface area contributed by atoms with E-state index < -0.39 is 0 Å². The molecule has 0 fully saturated rings. The van der Waals surface area contributed by atoms with E-state index in [1.807, 2.05) is 43.3 Å². The first-order valence-electron chi connectivity index (χ1n) is 10.3. The van der Waals surface area contributed by atoms with E-state index in [1.165, 1.54) is 25.7 Å². The molecule has 0 unspecified atom stereocenters. The fourth-order valence-electron chi connectivity index (χ4n) is 3.47. The summed E-state index contributed by atoms with van der Waals surface area (Å²) in [5.74, 6) is 1.62. The van der Waals surface area contributed by atoms with Gasteiger partial charge >= 0.3 is 0 Å². The predicted octanol–water partition coefficient (Wildman–Crippen LogP) is 6.30. The molecule has 0 radical (unpaired) electrons. The highest BCUT2D eigenvalue weighted by molar-refractivity contribution is 6.30. The number of halogens is 1. The molecule has 0 saturated carbocycles. The summed E-state index contributed by atoms with van der Waals surface area (Å²) in [6, 6.07) is 13.8. The highest BCUT2D eigenvalue weighted by Gasteiger charge is 2.12. The van der Waals surface area contributed by atoms with E-state index in [2.05, 4.69) is 17.5 Å². The van der Waals surface area contributed by atoms with Gasteiger partial charge in [0.15, 0.2) is 11.5 Å². The maximum absolute atomic E-state index is 6.17. The molecule has 150 valence electrons. The van der Waals surface area contributed by atoms with Gasteiger partial charge in [-0.05, 0) is 69.3 Å². The first kappa shape index (κ1) is 20.8. The van der Waals surface area contributed by atoms with E-state index in [1.54, 1.807) is 5.57 Å². The van der Waals surface area contributed by atoms with Crippen molar-refractivity contribution in [2.75, 3.05) is 13.2 Å². The van der Waals surface area contributed by atoms with Gasteiger partial charge in [0.25, 0.3) is 0 Å². The third kappa shape index (κ3) is 6.29. The molecule has 0 bridgehead atoms. The standard InChI is InChI=1S/C24H30ClNO2/c1-2-27-23-10-6-9-21(17-26-16-15-19-7-4-3-5-8-19)24(23)28-18-20-11-13-22(25)14-12-20/h6-7,9-14,26H,2-5,8,15-18H2,1H3. The van der Waals surface area contributed by atoms with Crippen molar-refractivity contribution in [3.05, 3.63) is 70.3 Å². The molecule has 28 heavy (non-hydrogen) atoms. The molecule has 0 heterocycles. The molecule has 1 aliphatic rings. The number of para-hydroxylation sites is 1. The van der Waals surface area contributed by atoms with Crippen LogP contribution in [0.15, 0.2) is 54.1 Å². The van der Waals surface area contributed by atoms with Crippen LogP contribution in [0.2, 0.25) is 5.02 Å². The molecule has 4 heteroatoms. The highest BCUT2D eigenvalue weighted by atomic mass is 35.5. The van der Waals surface area contributed by atoms with Crippen molar-refractivity contribution < 1.29 is 9.47 Å². The van der Waals surface area contributed by atoms with E-state index in [4.69, 9.17) is 21.1 Å². The minimum absolute atomic E-state index is 0.487. The summed E-state index contributed by atoms with van der Waals surface area (Å²) < 4.78 is 12.0. The van der Waals surface area contributed by atoms with Crippen molar-refractivity contribution in [1.29, 1.82) is 0 Å². The Bertz CT molecular complexity index is 771. The third-order valence-corrected chi connectivity index (χ3v) is 5.23. The molecule has 2 aromatic carbocycles. The lowest BCUT2D eigenvalue weighted by atomic mass is 9.97. The van der Waals surface area contributed by atoms with Crippen LogP contribution in [0.1, 0.15) is 50.2 Å². The SMILES string of the molecule is CCOc1cccc(CNCCC2=CCCCC2)c1OCc1ccc(Cl)cc1. The van der Waals surface area contributed by atoms with Crippen molar-refractivity contribution in [2.24, 2.45) is 0 Å². The van der Waals surface area contributed by atoms with Gasteiger partial charge in [-0.15, -0.1) is 0 Å². The minimum atomic E-state index is 0.487. The minimum Gasteiger partial charge on any atom is -0.490 e. The zero-order valence-corrected chi connectivity index (χ0v) is 17.4. The number of hydrogen-bond donors (Lipinski definition) is 1. The topological polar surface area (TPSA) is 30.5 Å². The number of benzene rings is 2. The summed E-state index contributed by atoms with van der Waals surface area (Å²) in [6.07, 6.45) is 8.74. The Morgan fingerprint density at radius 1 is 1.04 bits per heavy atom. The molecule has 1 N–H and O–H groups in total. The van der Waals surface area contributed by atoms with Crippen LogP contribution in [0.5, 0.6) is 11.5 Å². The van der Waals surface area contributed by atoms with Crippen LogP contribution in [0.3, 0.4) is 0 Å². The van der Waals surface area contributed by atoms with Gasteiger partial charge in [0.1, 0.15) is 6.61 Å². The summed E-state index contributed by atoms with van der Waals surface area (Å²) >= 11 is 5.97. The Morgan fingerprint density at radius 3 is 2.64 bits per heavy atom. The second-order valence-electron chi connectivity index (χ2n) is 7.13. The van der Waals surface area contributed by atoms with Crippen LogP contribution in [-0.4, -0.2) is 13.2 Å². The van der Waals surface area contributed by atoms with Crippen molar-refractivity contribution in [1.82, 2.24) is 5.32 Å². The lowest BCUT2D eigenvalue weighted by Gasteiger charge is -2.17. The predicted molar refractivity (Wildman–Crippen MR) is 116 cm³/mol. The fraction of sp³-hybridized carbons (Fsp3) is 0.417. The molecular weight excluding hydrogens is 370 g/mol. The summed E-state index contributed by atoms with van der Waals surface area (Å²) in [5.41, 5.74) is 3.80. The van der Waals surface area contributed by atoms with Gasteiger partial charge in [0.05, 0.1) is 6.61 Å². The molecule has 3 rings (SSSR count). The van der Waals surface area contributed by atoms with Crippen LogP contribution in [0.4, 0.5) is 0 Å². The van der Waals surface area contributed by atoms with Crippen molar-refractivity contribution >= 4 is 11.6 Å². The number of hydrogen-bond acceptors (Lipinski definition) is 3. The lowest BCUT2D eigenvalue weighted by Crippen LogP contribution is -2.16. The number of rotatable bonds is 10. The van der Waals surface area contributed by atoms with Gasteiger partial charge in [-0.25, -0.2) is 0 Å². The average molecular weight is 400 g/mol. The van der Waals surface area contributed by atoms with Crippen molar-refractivity contribution in [2.45, 2.75) is 52.2 Å². The lowest BCUT2D eigenvalue weighted by molar-refractivity contribution is 0.266. The maximum atomic E-state index is 6.17. The molecule has 0 spiro atoms. The molecular formula is C24H30ClNO2. The van der Waals surface area contributed by atoms with Gasteiger partial charge in [-0.3, -0.25) is 0 Å². The summed E-state index contributed by atoms with van der Waals surface area (Å²) in [6.45, 7) is 4.85. The highest BCUT2D eigenvalue weighted by Crippen LogP contribution is 2.32. The molecule has 1 aliphatic carbocycles. The zero-order valence-electron chi connectivity index (χ0n) is 16.7. The molecule has 0 amide bonds. The third-order valence-electron chi connectivity index (χ3n) is 4.98. The van der Waals surface area contributed by atoms with Crippen LogP contribution < -0.4 is 14.8 Å². The Balaban J connectivity index is 1.61. The number of allylic oxidation sites excluding steroid dienone is 1. The monoisotopic (exact) mass is 399 g/mol. The van der Waals surface area contributed by atoms with E-state index >= 15 is 0 Å². The van der Waals surface area contributed by atoms with E-state index in [0.29, 0.717) is 13.2 Å². The number of ether oxygens (including phenoxy) is 2. The molecule has 0 atom stereocenters. The molecule has 0 aromatic heterocycles. The molecule has 2 aromatic rings. The van der Waals surface area contributed by atoms with Crippen LogP contribution in [-0.2, 0) is 13.2 Å². The average Bonchev–Trinajstić information content (AvgIpc) is 2.73. The molecule has 0 aliphatic heterocycles. The fourth-order valence-corrected chi connectivity index (χ4v) is 3.60. The first-order valence-corrected chi connectivity index (χ1v) is 10.6. The largest absolute Gasteiger partial charge is 0.490 e. The summed E-state index contributed by atoms with van der Waals surface area (Å²) in [5, 5.41) is 4.30. The Hall–Kier alpha value is -1.97. The van der Waals surface area contributed by atoms with E-state index in [-0.39, 0.29) is 0 Å². The summed E-state index contributed by atoms with van der Waals surface area (Å²) in [7, 11) is 0. The maximum Gasteiger partial charge on any atom is 0.166 e. The smallest absolute Gasteiger partial charge is 0.166 e. The van der Waals surface area contributed by atoms with E-state index in [9.17, 15) is 0 Å². The zero-order chi connectivity index (χ0) is 19.6. The Labute approximate surface area is 173 Å². The van der Waals surface area contributed by atoms with Gasteiger partial charge in [-0.1, -0.05) is 47.5 Å². The normalized spacial score (nSPS) is 13.9. The van der Waals surface area contributed by atoms with E-state index in [0.717, 1.165) is 47.2 Å². The second-order valence-corrected chi connectivity index (χ2v) is 7.56. The molecule has 0 saturated heterocycles. The van der Waals surface area contributed by atoms with Gasteiger partial charge < -0.3 is 14.8 Å². The quantitative estimate of drug-likeness (QED) is 0.375. The van der Waals surface area contributed by atoms with Crippen molar-refractivity contribution in [3.63, 3.8) is 0 Å². The van der Waals surface area contributed by atoms with Gasteiger partial charge in [0, 0.05) is 17.1 Å². The first-order chi connectivity index (χ1) is 13.8. The Morgan fingerprint density at radius 2 is 1.89 bits per heavy atom. The van der Waals surface area contributed by atoms with Crippen molar-refractivity contribution in [3.8, 4) is 11.5 Å².